The number of anilines is 1. The van der Waals surface area contributed by atoms with Crippen LogP contribution >= 0.6 is 11.6 Å². The van der Waals surface area contributed by atoms with E-state index in [0.717, 1.165) is 51.4 Å². The van der Waals surface area contributed by atoms with E-state index in [1.54, 1.807) is 4.57 Å². The van der Waals surface area contributed by atoms with E-state index in [4.69, 9.17) is 33.2 Å². The molecule has 48 heavy (non-hydrogen) atoms. The van der Waals surface area contributed by atoms with E-state index < -0.39 is 24.5 Å². The topological polar surface area (TPSA) is 166 Å². The number of fused-ring (bicyclic) bond motifs is 6. The lowest BCUT2D eigenvalue weighted by molar-refractivity contribution is -0.174. The number of ether oxygens (including phenoxy) is 2. The third-order valence-corrected chi connectivity index (χ3v) is 14.2. The summed E-state index contributed by atoms with van der Waals surface area (Å²) in [5.41, 5.74) is 5.47. The number of esters is 1. The number of carbonyl (C=O) groups is 1. The second-order valence-electron chi connectivity index (χ2n) is 16.1. The molecule has 1 aliphatic heterocycles. The Hall–Kier alpha value is -2.49. The Bertz CT molecular complexity index is 1600. The molecule has 4 aliphatic carbocycles. The second-order valence-corrected chi connectivity index (χ2v) is 16.5. The van der Waals surface area contributed by atoms with Crippen LogP contribution in [0, 0.1) is 58.7 Å². The van der Waals surface area contributed by atoms with Crippen LogP contribution in [0.15, 0.2) is 6.33 Å². The molecule has 262 valence electrons. The summed E-state index contributed by atoms with van der Waals surface area (Å²) < 4.78 is 13.7. The molecule has 0 amide bonds. The summed E-state index contributed by atoms with van der Waals surface area (Å²) in [6, 6.07) is 0. The van der Waals surface area contributed by atoms with Crippen LogP contribution in [-0.4, -0.2) is 71.3 Å². The fraction of sp³-hybridized carbons (Fsp3) is 0.778. The van der Waals surface area contributed by atoms with E-state index in [2.05, 4.69) is 41.6 Å². The van der Waals surface area contributed by atoms with Crippen molar-refractivity contribution in [2.45, 2.75) is 122 Å². The van der Waals surface area contributed by atoms with Crippen molar-refractivity contribution < 1.29 is 29.6 Å². The van der Waals surface area contributed by atoms with Gasteiger partial charge in [-0.1, -0.05) is 26.7 Å². The van der Waals surface area contributed by atoms with Crippen molar-refractivity contribution in [1.82, 2.24) is 19.5 Å². The van der Waals surface area contributed by atoms with Crippen molar-refractivity contribution in [3.8, 4) is 12.3 Å². The van der Waals surface area contributed by atoms with Gasteiger partial charge in [-0.2, -0.15) is 9.97 Å². The van der Waals surface area contributed by atoms with Crippen LogP contribution in [0.2, 0.25) is 5.28 Å². The van der Waals surface area contributed by atoms with Gasteiger partial charge >= 0.3 is 5.97 Å². The summed E-state index contributed by atoms with van der Waals surface area (Å²) in [4.78, 5) is 25.8. The van der Waals surface area contributed by atoms with Crippen LogP contribution in [0.4, 0.5) is 5.82 Å². The average molecular weight is 684 g/mol. The van der Waals surface area contributed by atoms with Gasteiger partial charge in [-0.3, -0.25) is 9.36 Å². The van der Waals surface area contributed by atoms with Crippen molar-refractivity contribution in [2.75, 3.05) is 12.3 Å². The lowest BCUT2D eigenvalue weighted by Crippen LogP contribution is -2.58. The van der Waals surface area contributed by atoms with Crippen molar-refractivity contribution in [3.05, 3.63) is 11.6 Å². The Morgan fingerprint density at radius 2 is 1.92 bits per heavy atom. The SMILES string of the molecule is C#C[C@]1(CO)O[C@@H](n2cnc3c(N)nc(Cl)nc32)C[C@@H]1OC(=O)CC[C@@H](C)[C@H]1CC[C@H]2[C@@H]3[C@@H](O)C[C@@H]4C[C@H](O)CC[C@]4(C)[C@H]3CC[C@]12C. The molecule has 5 aliphatic rings. The number of hydrogen-bond donors (Lipinski definition) is 4. The first kappa shape index (κ1) is 34.0. The van der Waals surface area contributed by atoms with E-state index in [0.29, 0.717) is 53.1 Å². The molecule has 3 heterocycles. The van der Waals surface area contributed by atoms with Crippen LogP contribution in [0.5, 0.6) is 0 Å². The van der Waals surface area contributed by atoms with Crippen molar-refractivity contribution >= 4 is 34.6 Å². The number of aliphatic hydroxyl groups excluding tert-OH is 3. The van der Waals surface area contributed by atoms with Crippen LogP contribution in [0.3, 0.4) is 0 Å². The third kappa shape index (κ3) is 5.33. The minimum atomic E-state index is -1.53. The molecule has 0 bridgehead atoms. The highest BCUT2D eigenvalue weighted by atomic mass is 35.5. The quantitative estimate of drug-likeness (QED) is 0.183. The summed E-state index contributed by atoms with van der Waals surface area (Å²) in [5.74, 6) is 4.72. The number of terminal acetylenes is 1. The lowest BCUT2D eigenvalue weighted by atomic mass is 9.43. The number of imidazole rings is 1. The Balaban J connectivity index is 1.00. The highest BCUT2D eigenvalue weighted by molar-refractivity contribution is 6.28. The van der Waals surface area contributed by atoms with Gasteiger partial charge in [0.05, 0.1) is 25.1 Å². The van der Waals surface area contributed by atoms with Crippen LogP contribution < -0.4 is 5.73 Å². The first-order valence-electron chi connectivity index (χ1n) is 17.8. The van der Waals surface area contributed by atoms with Gasteiger partial charge in [-0.05, 0) is 116 Å². The Kier molecular flexibility index (Phi) is 8.76. The molecule has 0 aromatic carbocycles. The fourth-order valence-corrected chi connectivity index (χ4v) is 11.6. The summed E-state index contributed by atoms with van der Waals surface area (Å²) >= 11 is 6.05. The van der Waals surface area contributed by atoms with E-state index in [9.17, 15) is 20.1 Å². The van der Waals surface area contributed by atoms with Crippen LogP contribution in [-0.2, 0) is 14.3 Å². The van der Waals surface area contributed by atoms with E-state index in [1.807, 2.05) is 0 Å². The molecule has 4 saturated carbocycles. The number of rotatable bonds is 7. The highest BCUT2D eigenvalue weighted by Crippen LogP contribution is 2.68. The van der Waals surface area contributed by atoms with Gasteiger partial charge < -0.3 is 30.5 Å². The van der Waals surface area contributed by atoms with Crippen LogP contribution in [0.1, 0.15) is 97.6 Å². The molecule has 7 rings (SSSR count). The van der Waals surface area contributed by atoms with Gasteiger partial charge in [0.1, 0.15) is 17.8 Å². The summed E-state index contributed by atoms with van der Waals surface area (Å²) in [6.45, 7) is 6.61. The minimum Gasteiger partial charge on any atom is -0.458 e. The maximum Gasteiger partial charge on any atom is 0.306 e. The van der Waals surface area contributed by atoms with Gasteiger partial charge in [0, 0.05) is 12.8 Å². The lowest BCUT2D eigenvalue weighted by Gasteiger charge is -2.62. The molecule has 5 N–H and O–H groups in total. The largest absolute Gasteiger partial charge is 0.458 e. The van der Waals surface area contributed by atoms with Gasteiger partial charge in [-0.15, -0.1) is 6.42 Å². The number of aliphatic hydroxyl groups is 3. The van der Waals surface area contributed by atoms with Gasteiger partial charge in [0.2, 0.25) is 5.28 Å². The average Bonchev–Trinajstić information content (AvgIpc) is 3.74. The first-order valence-corrected chi connectivity index (χ1v) is 18.2. The maximum absolute atomic E-state index is 13.4. The summed E-state index contributed by atoms with van der Waals surface area (Å²) in [6.07, 6.45) is 14.3. The molecule has 0 unspecified atom stereocenters. The van der Waals surface area contributed by atoms with Gasteiger partial charge in [-0.25, -0.2) is 4.98 Å². The summed E-state index contributed by atoms with van der Waals surface area (Å²) in [7, 11) is 0. The molecular weight excluding hydrogens is 634 g/mol. The molecule has 2 aromatic heterocycles. The molecule has 0 radical (unpaired) electrons. The highest BCUT2D eigenvalue weighted by Gasteiger charge is 2.63. The number of nitrogen functional groups attached to an aromatic ring is 1. The van der Waals surface area contributed by atoms with Gasteiger partial charge in [0.15, 0.2) is 17.1 Å². The number of nitrogens with zero attached hydrogens (tertiary/aromatic N) is 4. The molecule has 2 aromatic rings. The Labute approximate surface area is 287 Å². The van der Waals surface area contributed by atoms with Crippen molar-refractivity contribution in [2.24, 2.45) is 46.3 Å². The number of hydrogen-bond acceptors (Lipinski definition) is 10. The molecular formula is C36H50ClN5O6. The molecule has 0 spiro atoms. The Morgan fingerprint density at radius 1 is 1.17 bits per heavy atom. The van der Waals surface area contributed by atoms with Crippen molar-refractivity contribution in [1.29, 1.82) is 0 Å². The predicted octanol–water partition coefficient (Wildman–Crippen LogP) is 4.66. The number of halogens is 1. The molecule has 12 heteroatoms. The van der Waals surface area contributed by atoms with Gasteiger partial charge in [0.25, 0.3) is 0 Å². The zero-order valence-corrected chi connectivity index (χ0v) is 29.0. The first-order chi connectivity index (χ1) is 22.8. The molecule has 11 nitrogen and oxygen atoms in total. The summed E-state index contributed by atoms with van der Waals surface area (Å²) in [5, 5.41) is 32.3. The van der Waals surface area contributed by atoms with E-state index in [-0.39, 0.29) is 53.0 Å². The zero-order valence-electron chi connectivity index (χ0n) is 28.2. The van der Waals surface area contributed by atoms with Crippen LogP contribution in [0.25, 0.3) is 11.2 Å². The maximum atomic E-state index is 13.4. The minimum absolute atomic E-state index is 0.0412. The zero-order chi connectivity index (χ0) is 34.2. The molecule has 13 atom stereocenters. The smallest absolute Gasteiger partial charge is 0.306 e. The Morgan fingerprint density at radius 3 is 2.67 bits per heavy atom. The third-order valence-electron chi connectivity index (χ3n) is 14.0. The van der Waals surface area contributed by atoms with Crippen molar-refractivity contribution in [3.63, 3.8) is 0 Å². The number of aromatic nitrogens is 4. The predicted molar refractivity (Wildman–Crippen MR) is 179 cm³/mol. The number of nitrogens with two attached hydrogens (primary N) is 1. The standard InChI is InChI=1S/C36H50ClN5O6/c1-5-36(17-43)26(16-27(48-36)42-18-39-30-31(38)40-33(37)41-32(30)42)47-28(46)9-6-19(2)22-7-8-23-29-24(11-13-35(22,23)4)34(3)12-10-21(44)14-20(34)15-25(29)45/h1,18-27,29,43-45H,6-17H2,2-4H3,(H2,38,40,41)/t19-,20+,21-,22-,23+,24+,25+,26+,27-,29+,34+,35-,36-/m1/s1. The van der Waals surface area contributed by atoms with E-state index in [1.165, 1.54) is 6.33 Å². The molecule has 5 fully saturated rings. The fourth-order valence-electron chi connectivity index (χ4n) is 11.4. The van der Waals surface area contributed by atoms with E-state index >= 15 is 0 Å². The monoisotopic (exact) mass is 683 g/mol. The molecule has 1 saturated heterocycles. The second kappa shape index (κ2) is 12.4. The number of carbonyl (C=O) groups excluding carboxylic acids is 1. The normalized spacial score (nSPS) is 42.8.